The Morgan fingerprint density at radius 1 is 0.800 bits per heavy atom. The Labute approximate surface area is 98.7 Å². The van der Waals surface area contributed by atoms with Crippen LogP contribution >= 0.6 is 8.58 Å². The van der Waals surface area contributed by atoms with Gasteiger partial charge in [0.2, 0.25) is 0 Å². The van der Waals surface area contributed by atoms with Crippen molar-refractivity contribution in [2.24, 2.45) is 0 Å². The maximum absolute atomic E-state index is 2.40. The fourth-order valence-electron chi connectivity index (χ4n) is 1.58. The first-order valence-electron chi connectivity index (χ1n) is 6.80. The molecule has 0 aliphatic heterocycles. The third-order valence-corrected chi connectivity index (χ3v) is 3.75. The van der Waals surface area contributed by atoms with Crippen molar-refractivity contribution >= 4 is 8.58 Å². The molecule has 0 saturated heterocycles. The number of rotatable bonds is 11. The molecule has 0 aromatic carbocycles. The van der Waals surface area contributed by atoms with E-state index in [1.165, 1.54) is 63.9 Å². The van der Waals surface area contributed by atoms with Gasteiger partial charge in [0.25, 0.3) is 0 Å². The van der Waals surface area contributed by atoms with Crippen LogP contribution in [0.1, 0.15) is 71.6 Å². The minimum Gasteiger partial charge on any atom is -0.0987 e. The third kappa shape index (κ3) is 14.2. The van der Waals surface area contributed by atoms with Crippen molar-refractivity contribution in [2.75, 3.05) is 6.16 Å². The van der Waals surface area contributed by atoms with Gasteiger partial charge in [0.05, 0.1) is 0 Å². The lowest BCUT2D eigenvalue weighted by Gasteiger charge is -1.98. The van der Waals surface area contributed by atoms with E-state index < -0.39 is 0 Å². The maximum Gasteiger partial charge on any atom is -0.0319 e. The molecular formula is C14H29P. The van der Waals surface area contributed by atoms with E-state index in [4.69, 9.17) is 0 Å². The molecule has 0 aromatic heterocycles. The molecule has 0 aliphatic rings. The van der Waals surface area contributed by atoms with Crippen LogP contribution in [0.25, 0.3) is 0 Å². The standard InChI is InChI=1S/C14H29P/c1-3-5-7-9-10-12-14-15-13-11-8-6-4-2/h11,13,15H,3-10,12,14H2,1-2H3/b13-11+. The molecule has 1 atom stereocenters. The van der Waals surface area contributed by atoms with E-state index in [1.807, 2.05) is 0 Å². The van der Waals surface area contributed by atoms with Crippen LogP contribution in [0.4, 0.5) is 0 Å². The Balaban J connectivity index is 2.95. The van der Waals surface area contributed by atoms with E-state index in [1.54, 1.807) is 0 Å². The molecule has 1 unspecified atom stereocenters. The van der Waals surface area contributed by atoms with Crippen molar-refractivity contribution in [3.05, 3.63) is 11.9 Å². The van der Waals surface area contributed by atoms with Crippen molar-refractivity contribution in [1.29, 1.82) is 0 Å². The molecule has 15 heavy (non-hydrogen) atoms. The topological polar surface area (TPSA) is 0 Å². The lowest BCUT2D eigenvalue weighted by molar-refractivity contribution is 0.626. The van der Waals surface area contributed by atoms with Gasteiger partial charge in [-0.2, -0.15) is 0 Å². The molecule has 0 amide bonds. The summed E-state index contributed by atoms with van der Waals surface area (Å²) in [6, 6.07) is 0. The van der Waals surface area contributed by atoms with Crippen LogP contribution in [-0.2, 0) is 0 Å². The van der Waals surface area contributed by atoms with Gasteiger partial charge < -0.3 is 0 Å². The highest BCUT2D eigenvalue weighted by molar-refractivity contribution is 7.41. The predicted molar refractivity (Wildman–Crippen MR) is 75.2 cm³/mol. The van der Waals surface area contributed by atoms with E-state index in [0.717, 1.165) is 8.58 Å². The van der Waals surface area contributed by atoms with Gasteiger partial charge in [-0.05, 0) is 19.0 Å². The molecule has 0 aromatic rings. The molecule has 1 heteroatoms. The van der Waals surface area contributed by atoms with Gasteiger partial charge in [0.15, 0.2) is 0 Å². The SMILES string of the molecule is CCCC/C=C/PCCCCCCCC. The van der Waals surface area contributed by atoms with Crippen molar-refractivity contribution in [1.82, 2.24) is 0 Å². The fourth-order valence-corrected chi connectivity index (χ4v) is 2.53. The number of allylic oxidation sites excluding steroid dienone is 1. The summed E-state index contributed by atoms with van der Waals surface area (Å²) in [5.74, 6) is 2.40. The zero-order valence-electron chi connectivity index (χ0n) is 10.7. The fraction of sp³-hybridized carbons (Fsp3) is 0.857. The molecule has 0 bridgehead atoms. The average Bonchev–Trinajstić information content (AvgIpc) is 2.26. The van der Waals surface area contributed by atoms with Gasteiger partial charge in [-0.3, -0.25) is 0 Å². The molecule has 0 fully saturated rings. The first-order valence-corrected chi connectivity index (χ1v) is 8.08. The highest BCUT2D eigenvalue weighted by Gasteiger charge is 1.88. The van der Waals surface area contributed by atoms with E-state index in [9.17, 15) is 0 Å². The summed E-state index contributed by atoms with van der Waals surface area (Å²) in [4.78, 5) is 0. The average molecular weight is 228 g/mol. The van der Waals surface area contributed by atoms with E-state index in [0.29, 0.717) is 0 Å². The minimum atomic E-state index is 1.08. The molecule has 0 saturated carbocycles. The second kappa shape index (κ2) is 14.2. The summed E-state index contributed by atoms with van der Waals surface area (Å²) in [5.41, 5.74) is 0. The zero-order valence-corrected chi connectivity index (χ0v) is 11.7. The van der Waals surface area contributed by atoms with Crippen LogP contribution in [0.3, 0.4) is 0 Å². The van der Waals surface area contributed by atoms with Crippen LogP contribution in [0, 0.1) is 0 Å². The zero-order chi connectivity index (χ0) is 11.2. The lowest BCUT2D eigenvalue weighted by Crippen LogP contribution is -1.79. The molecule has 90 valence electrons. The molecular weight excluding hydrogens is 199 g/mol. The van der Waals surface area contributed by atoms with Gasteiger partial charge >= 0.3 is 0 Å². The second-order valence-electron chi connectivity index (χ2n) is 4.27. The van der Waals surface area contributed by atoms with E-state index in [2.05, 4.69) is 25.7 Å². The lowest BCUT2D eigenvalue weighted by atomic mass is 10.1. The van der Waals surface area contributed by atoms with Crippen molar-refractivity contribution in [3.63, 3.8) is 0 Å². The van der Waals surface area contributed by atoms with Gasteiger partial charge in [-0.25, -0.2) is 0 Å². The molecule has 0 N–H and O–H groups in total. The Morgan fingerprint density at radius 2 is 1.47 bits per heavy atom. The van der Waals surface area contributed by atoms with E-state index >= 15 is 0 Å². The van der Waals surface area contributed by atoms with Crippen molar-refractivity contribution < 1.29 is 0 Å². The Bertz CT molecular complexity index is 129. The third-order valence-electron chi connectivity index (χ3n) is 2.63. The molecule has 0 aliphatic carbocycles. The second-order valence-corrected chi connectivity index (χ2v) is 5.51. The normalized spacial score (nSPS) is 12.1. The number of unbranched alkanes of at least 4 members (excludes halogenated alkanes) is 7. The molecule has 0 heterocycles. The van der Waals surface area contributed by atoms with Crippen molar-refractivity contribution in [3.8, 4) is 0 Å². The highest BCUT2D eigenvalue weighted by atomic mass is 31.1. The predicted octanol–water partition coefficient (Wildman–Crippen LogP) is 5.73. The van der Waals surface area contributed by atoms with Crippen LogP contribution in [0.15, 0.2) is 11.9 Å². The minimum absolute atomic E-state index is 1.08. The van der Waals surface area contributed by atoms with Crippen LogP contribution in [0.2, 0.25) is 0 Å². The van der Waals surface area contributed by atoms with E-state index in [-0.39, 0.29) is 0 Å². The summed E-state index contributed by atoms with van der Waals surface area (Å²) in [7, 11) is 1.08. The van der Waals surface area contributed by atoms with Gasteiger partial charge in [-0.1, -0.05) is 79.3 Å². The Hall–Kier alpha value is 0.170. The largest absolute Gasteiger partial charge is 0.0987 e. The first kappa shape index (κ1) is 15.2. The van der Waals surface area contributed by atoms with Crippen molar-refractivity contribution in [2.45, 2.75) is 71.6 Å². The Morgan fingerprint density at radius 3 is 2.20 bits per heavy atom. The highest BCUT2D eigenvalue weighted by Crippen LogP contribution is 2.16. The van der Waals surface area contributed by atoms with Crippen LogP contribution < -0.4 is 0 Å². The van der Waals surface area contributed by atoms with Gasteiger partial charge in [-0.15, -0.1) is 0 Å². The first-order chi connectivity index (χ1) is 7.41. The summed E-state index contributed by atoms with van der Waals surface area (Å²) >= 11 is 0. The molecule has 0 rings (SSSR count). The maximum atomic E-state index is 2.40. The molecule has 0 radical (unpaired) electrons. The van der Waals surface area contributed by atoms with Crippen LogP contribution in [0.5, 0.6) is 0 Å². The summed E-state index contributed by atoms with van der Waals surface area (Å²) < 4.78 is 0. The monoisotopic (exact) mass is 228 g/mol. The van der Waals surface area contributed by atoms with Gasteiger partial charge in [0, 0.05) is 0 Å². The van der Waals surface area contributed by atoms with Crippen LogP contribution in [-0.4, -0.2) is 6.16 Å². The van der Waals surface area contributed by atoms with Gasteiger partial charge in [0.1, 0.15) is 0 Å². The number of hydrogen-bond donors (Lipinski definition) is 0. The quantitative estimate of drug-likeness (QED) is 0.313. The number of hydrogen-bond acceptors (Lipinski definition) is 0. The molecule has 0 nitrogen and oxygen atoms in total. The molecule has 0 spiro atoms. The Kier molecular flexibility index (Phi) is 14.3. The summed E-state index contributed by atoms with van der Waals surface area (Å²) in [5, 5.41) is 0. The summed E-state index contributed by atoms with van der Waals surface area (Å²) in [6.45, 7) is 4.54. The summed E-state index contributed by atoms with van der Waals surface area (Å²) in [6.07, 6.45) is 16.4. The smallest absolute Gasteiger partial charge is 0.0319 e.